The van der Waals surface area contributed by atoms with E-state index in [0.29, 0.717) is 16.3 Å². The molecule has 0 saturated heterocycles. The lowest BCUT2D eigenvalue weighted by molar-refractivity contribution is 0.108. The summed E-state index contributed by atoms with van der Waals surface area (Å²) < 4.78 is 0. The van der Waals surface area contributed by atoms with Crippen molar-refractivity contribution in [1.82, 2.24) is 4.98 Å². The fourth-order valence-corrected chi connectivity index (χ4v) is 1.06. The van der Waals surface area contributed by atoms with Gasteiger partial charge in [-0.2, -0.15) is 0 Å². The monoisotopic (exact) mass is 189 g/mol. The standard InChI is InChI=1S/C7H5Cl2NO/c1-4-6(7(9)11)2-5(8)3-10-4/h2-3H,1H3. The van der Waals surface area contributed by atoms with E-state index in [9.17, 15) is 4.79 Å². The Balaban J connectivity index is 3.23. The molecule has 0 aromatic carbocycles. The summed E-state index contributed by atoms with van der Waals surface area (Å²) >= 11 is 10.8. The summed E-state index contributed by atoms with van der Waals surface area (Å²) in [6.45, 7) is 1.70. The number of rotatable bonds is 1. The first-order valence-electron chi connectivity index (χ1n) is 2.93. The molecule has 0 spiro atoms. The van der Waals surface area contributed by atoms with Crippen LogP contribution in [-0.4, -0.2) is 10.2 Å². The SMILES string of the molecule is Cc1ncc(Cl)cc1C(=O)Cl. The van der Waals surface area contributed by atoms with Crippen molar-refractivity contribution in [2.75, 3.05) is 0 Å². The first-order valence-corrected chi connectivity index (χ1v) is 3.69. The summed E-state index contributed by atoms with van der Waals surface area (Å²) in [5, 5.41) is -0.114. The van der Waals surface area contributed by atoms with Gasteiger partial charge in [0.2, 0.25) is 0 Å². The highest BCUT2D eigenvalue weighted by molar-refractivity contribution is 6.68. The number of hydrogen-bond acceptors (Lipinski definition) is 2. The molecule has 11 heavy (non-hydrogen) atoms. The zero-order valence-electron chi connectivity index (χ0n) is 5.77. The second-order valence-corrected chi connectivity index (χ2v) is 2.84. The van der Waals surface area contributed by atoms with Crippen molar-refractivity contribution in [2.45, 2.75) is 6.92 Å². The van der Waals surface area contributed by atoms with Crippen LogP contribution in [0.5, 0.6) is 0 Å². The maximum atomic E-state index is 10.7. The second kappa shape index (κ2) is 3.20. The smallest absolute Gasteiger partial charge is 0.254 e. The maximum absolute atomic E-state index is 10.7. The van der Waals surface area contributed by atoms with Crippen LogP contribution in [0.25, 0.3) is 0 Å². The van der Waals surface area contributed by atoms with E-state index in [1.54, 1.807) is 6.92 Å². The van der Waals surface area contributed by atoms with Crippen molar-refractivity contribution in [3.05, 3.63) is 28.5 Å². The number of halogens is 2. The molecular formula is C7H5Cl2NO. The van der Waals surface area contributed by atoms with E-state index in [2.05, 4.69) is 4.98 Å². The predicted molar refractivity (Wildman–Crippen MR) is 44.2 cm³/mol. The second-order valence-electron chi connectivity index (χ2n) is 2.06. The molecule has 0 amide bonds. The van der Waals surface area contributed by atoms with Gasteiger partial charge in [-0.15, -0.1) is 0 Å². The molecule has 0 bridgehead atoms. The molecule has 0 radical (unpaired) electrons. The lowest BCUT2D eigenvalue weighted by atomic mass is 10.2. The minimum Gasteiger partial charge on any atom is -0.276 e. The average molecular weight is 190 g/mol. The minimum atomic E-state index is -0.530. The van der Waals surface area contributed by atoms with E-state index in [4.69, 9.17) is 23.2 Å². The topological polar surface area (TPSA) is 30.0 Å². The van der Waals surface area contributed by atoms with Crippen molar-refractivity contribution in [2.24, 2.45) is 0 Å². The Bertz CT molecular complexity index is 298. The third kappa shape index (κ3) is 1.91. The molecule has 0 aliphatic rings. The number of hydrogen-bond donors (Lipinski definition) is 0. The first-order chi connectivity index (χ1) is 5.11. The van der Waals surface area contributed by atoms with Crippen molar-refractivity contribution in [1.29, 1.82) is 0 Å². The summed E-state index contributed by atoms with van der Waals surface area (Å²) in [6, 6.07) is 1.50. The van der Waals surface area contributed by atoms with E-state index in [1.807, 2.05) is 0 Å². The number of nitrogens with zero attached hydrogens (tertiary/aromatic N) is 1. The summed E-state index contributed by atoms with van der Waals surface area (Å²) in [5.41, 5.74) is 0.952. The van der Waals surface area contributed by atoms with Gasteiger partial charge in [-0.3, -0.25) is 9.78 Å². The van der Waals surface area contributed by atoms with Crippen molar-refractivity contribution >= 4 is 28.4 Å². The van der Waals surface area contributed by atoms with Crippen molar-refractivity contribution in [3.63, 3.8) is 0 Å². The first kappa shape index (κ1) is 8.50. The van der Waals surface area contributed by atoms with Gasteiger partial charge in [-0.25, -0.2) is 0 Å². The highest BCUT2D eigenvalue weighted by Crippen LogP contribution is 2.14. The molecule has 1 aromatic rings. The fraction of sp³-hybridized carbons (Fsp3) is 0.143. The van der Waals surface area contributed by atoms with Crippen molar-refractivity contribution < 1.29 is 4.79 Å². The van der Waals surface area contributed by atoms with Crippen molar-refractivity contribution in [3.8, 4) is 0 Å². The van der Waals surface area contributed by atoms with Crippen LogP contribution in [0.4, 0.5) is 0 Å². The Morgan fingerprint density at radius 2 is 2.27 bits per heavy atom. The highest BCUT2D eigenvalue weighted by Gasteiger charge is 2.06. The van der Waals surface area contributed by atoms with Crippen LogP contribution < -0.4 is 0 Å². The molecule has 0 saturated carbocycles. The van der Waals surface area contributed by atoms with E-state index >= 15 is 0 Å². The predicted octanol–water partition coefficient (Wildman–Crippen LogP) is 2.42. The Morgan fingerprint density at radius 3 is 2.73 bits per heavy atom. The van der Waals surface area contributed by atoms with Gasteiger partial charge in [0.25, 0.3) is 5.24 Å². The third-order valence-corrected chi connectivity index (χ3v) is 1.68. The Kier molecular flexibility index (Phi) is 2.47. The van der Waals surface area contributed by atoms with Crippen LogP contribution >= 0.6 is 23.2 Å². The molecule has 2 nitrogen and oxygen atoms in total. The lowest BCUT2D eigenvalue weighted by Gasteiger charge is -1.97. The third-order valence-electron chi connectivity index (χ3n) is 1.27. The molecular weight excluding hydrogens is 185 g/mol. The quantitative estimate of drug-likeness (QED) is 0.636. The van der Waals surface area contributed by atoms with Crippen LogP contribution in [0.2, 0.25) is 5.02 Å². The lowest BCUT2D eigenvalue weighted by Crippen LogP contribution is -1.95. The molecule has 0 atom stereocenters. The zero-order valence-corrected chi connectivity index (χ0v) is 7.28. The normalized spacial score (nSPS) is 9.73. The summed E-state index contributed by atoms with van der Waals surface area (Å²) in [6.07, 6.45) is 1.47. The van der Waals surface area contributed by atoms with Crippen LogP contribution in [-0.2, 0) is 0 Å². The largest absolute Gasteiger partial charge is 0.276 e. The molecule has 1 rings (SSSR count). The van der Waals surface area contributed by atoms with Gasteiger partial charge >= 0.3 is 0 Å². The van der Waals surface area contributed by atoms with Gasteiger partial charge < -0.3 is 0 Å². The van der Waals surface area contributed by atoms with E-state index < -0.39 is 5.24 Å². The number of carbonyl (C=O) groups is 1. The summed E-state index contributed by atoms with van der Waals surface area (Å²) in [5.74, 6) is 0. The number of aryl methyl sites for hydroxylation is 1. The van der Waals surface area contributed by atoms with Gasteiger partial charge in [0, 0.05) is 11.9 Å². The molecule has 0 unspecified atom stereocenters. The fourth-order valence-electron chi connectivity index (χ4n) is 0.707. The number of carbonyl (C=O) groups excluding carboxylic acids is 1. The van der Waals surface area contributed by atoms with E-state index in [1.165, 1.54) is 12.3 Å². The molecule has 0 aliphatic heterocycles. The average Bonchev–Trinajstić information content (AvgIpc) is 1.94. The molecule has 1 aromatic heterocycles. The Hall–Kier alpha value is -0.600. The summed E-state index contributed by atoms with van der Waals surface area (Å²) in [4.78, 5) is 14.5. The highest BCUT2D eigenvalue weighted by atomic mass is 35.5. The molecule has 0 N–H and O–H groups in total. The molecule has 0 fully saturated rings. The molecule has 58 valence electrons. The Morgan fingerprint density at radius 1 is 1.64 bits per heavy atom. The zero-order chi connectivity index (χ0) is 8.43. The number of aromatic nitrogens is 1. The molecule has 4 heteroatoms. The molecule has 0 aliphatic carbocycles. The Labute approximate surface area is 74.1 Å². The minimum absolute atomic E-state index is 0.360. The van der Waals surface area contributed by atoms with E-state index in [-0.39, 0.29) is 0 Å². The maximum Gasteiger partial charge on any atom is 0.254 e. The van der Waals surface area contributed by atoms with Gasteiger partial charge in [-0.1, -0.05) is 11.6 Å². The van der Waals surface area contributed by atoms with Crippen LogP contribution in [0.1, 0.15) is 16.1 Å². The molecule has 1 heterocycles. The van der Waals surface area contributed by atoms with E-state index in [0.717, 1.165) is 0 Å². The number of pyridine rings is 1. The van der Waals surface area contributed by atoms with Crippen LogP contribution in [0.3, 0.4) is 0 Å². The van der Waals surface area contributed by atoms with Crippen LogP contribution in [0.15, 0.2) is 12.3 Å². The van der Waals surface area contributed by atoms with Gasteiger partial charge in [0.15, 0.2) is 0 Å². The van der Waals surface area contributed by atoms with Gasteiger partial charge in [0.05, 0.1) is 10.6 Å². The van der Waals surface area contributed by atoms with Gasteiger partial charge in [0.1, 0.15) is 0 Å². The van der Waals surface area contributed by atoms with Crippen LogP contribution in [0, 0.1) is 6.92 Å². The summed E-state index contributed by atoms with van der Waals surface area (Å²) in [7, 11) is 0. The van der Waals surface area contributed by atoms with Gasteiger partial charge in [-0.05, 0) is 24.6 Å².